The molecule has 2 heterocycles. The van der Waals surface area contributed by atoms with Crippen molar-refractivity contribution in [3.63, 3.8) is 0 Å². The van der Waals surface area contributed by atoms with Crippen molar-refractivity contribution < 1.29 is 19.1 Å². The first kappa shape index (κ1) is 21.1. The van der Waals surface area contributed by atoms with E-state index in [9.17, 15) is 9.59 Å². The van der Waals surface area contributed by atoms with Crippen molar-refractivity contribution in [3.05, 3.63) is 64.6 Å². The van der Waals surface area contributed by atoms with Crippen LogP contribution in [0.15, 0.2) is 58.4 Å². The summed E-state index contributed by atoms with van der Waals surface area (Å²) in [5.74, 6) is -0.542. The van der Waals surface area contributed by atoms with Crippen LogP contribution in [-0.2, 0) is 14.3 Å². The zero-order chi connectivity index (χ0) is 21.6. The van der Waals surface area contributed by atoms with E-state index < -0.39 is 0 Å². The Balaban J connectivity index is 1.42. The lowest BCUT2D eigenvalue weighted by Gasteiger charge is -2.28. The van der Waals surface area contributed by atoms with Crippen LogP contribution in [0.2, 0.25) is 0 Å². The van der Waals surface area contributed by atoms with E-state index in [2.05, 4.69) is 27.3 Å². The number of nitrogens with one attached hydrogen (secondary N) is 1. The average Bonchev–Trinajstić information content (AvgIpc) is 3.14. The highest BCUT2D eigenvalue weighted by Gasteiger charge is 2.24. The highest BCUT2D eigenvalue weighted by molar-refractivity contribution is 8.18. The third-order valence-corrected chi connectivity index (χ3v) is 5.74. The van der Waals surface area contributed by atoms with Crippen LogP contribution in [0.5, 0.6) is 0 Å². The molecule has 2 aliphatic heterocycles. The molecule has 1 N–H and O–H groups in total. The Morgan fingerprint density at radius 2 is 1.87 bits per heavy atom. The molecular weight excluding hydrogens is 414 g/mol. The van der Waals surface area contributed by atoms with Crippen LogP contribution >= 0.6 is 11.8 Å². The van der Waals surface area contributed by atoms with Gasteiger partial charge in [0.25, 0.3) is 5.91 Å². The van der Waals surface area contributed by atoms with Gasteiger partial charge in [0, 0.05) is 18.8 Å². The van der Waals surface area contributed by atoms with Crippen LogP contribution < -0.4 is 10.2 Å². The quantitative estimate of drug-likeness (QED) is 0.569. The van der Waals surface area contributed by atoms with Gasteiger partial charge in [0.15, 0.2) is 5.17 Å². The fourth-order valence-corrected chi connectivity index (χ4v) is 4.08. The largest absolute Gasteiger partial charge is 0.462 e. The number of anilines is 1. The Labute approximate surface area is 185 Å². The van der Waals surface area contributed by atoms with E-state index in [1.54, 1.807) is 31.2 Å². The Morgan fingerprint density at radius 3 is 2.55 bits per heavy atom. The smallest absolute Gasteiger partial charge is 0.338 e. The van der Waals surface area contributed by atoms with Gasteiger partial charge in [0.05, 0.1) is 36.0 Å². The summed E-state index contributed by atoms with van der Waals surface area (Å²) >= 11 is 1.29. The molecule has 2 aromatic rings. The molecule has 2 aliphatic rings. The number of benzene rings is 2. The van der Waals surface area contributed by atoms with Gasteiger partial charge in [0.1, 0.15) is 0 Å². The Kier molecular flexibility index (Phi) is 6.69. The second kappa shape index (κ2) is 9.80. The van der Waals surface area contributed by atoms with Gasteiger partial charge >= 0.3 is 5.97 Å². The lowest BCUT2D eigenvalue weighted by molar-refractivity contribution is -0.115. The molecule has 4 rings (SSSR count). The van der Waals surface area contributed by atoms with E-state index in [1.807, 2.05) is 18.2 Å². The van der Waals surface area contributed by atoms with Gasteiger partial charge in [-0.1, -0.05) is 12.1 Å². The summed E-state index contributed by atoms with van der Waals surface area (Å²) in [6, 6.07) is 14.9. The normalized spacial score (nSPS) is 19.0. The van der Waals surface area contributed by atoms with Crippen LogP contribution in [0.1, 0.15) is 22.8 Å². The van der Waals surface area contributed by atoms with Crippen LogP contribution in [0, 0.1) is 0 Å². The minimum Gasteiger partial charge on any atom is -0.462 e. The van der Waals surface area contributed by atoms with Crippen molar-refractivity contribution in [3.8, 4) is 0 Å². The van der Waals surface area contributed by atoms with Gasteiger partial charge in [0.2, 0.25) is 0 Å². The maximum atomic E-state index is 12.3. The molecule has 160 valence electrons. The number of amides is 1. The first-order valence-electron chi connectivity index (χ1n) is 10.1. The van der Waals surface area contributed by atoms with Crippen LogP contribution in [0.25, 0.3) is 6.08 Å². The molecule has 0 saturated carbocycles. The number of thioether (sulfide) groups is 1. The second-order valence-electron chi connectivity index (χ2n) is 6.94. The molecule has 1 amide bonds. The summed E-state index contributed by atoms with van der Waals surface area (Å²) in [7, 11) is 0. The average molecular weight is 438 g/mol. The maximum absolute atomic E-state index is 12.3. The van der Waals surface area contributed by atoms with Gasteiger partial charge in [-0.15, -0.1) is 0 Å². The Morgan fingerprint density at radius 1 is 1.16 bits per heavy atom. The molecule has 2 fully saturated rings. The van der Waals surface area contributed by atoms with Gasteiger partial charge in [-0.25, -0.2) is 9.79 Å². The van der Waals surface area contributed by atoms with Crippen molar-refractivity contribution in [1.82, 2.24) is 5.32 Å². The number of nitrogens with zero attached hydrogens (tertiary/aromatic N) is 2. The molecule has 0 aliphatic carbocycles. The first-order valence-corrected chi connectivity index (χ1v) is 10.9. The number of hydrogen-bond acceptors (Lipinski definition) is 7. The third-order valence-electron chi connectivity index (χ3n) is 4.83. The molecule has 0 bridgehead atoms. The molecule has 0 spiro atoms. The van der Waals surface area contributed by atoms with Gasteiger partial charge in [-0.05, 0) is 66.7 Å². The highest BCUT2D eigenvalue weighted by Crippen LogP contribution is 2.28. The SMILES string of the molecule is CCOC(=O)c1ccc(N=C2NC(=O)/C(=C/c3ccc(N4CCOCC4)cc3)S2)cc1. The topological polar surface area (TPSA) is 80.2 Å². The summed E-state index contributed by atoms with van der Waals surface area (Å²) in [5.41, 5.74) is 3.22. The van der Waals surface area contributed by atoms with Gasteiger partial charge < -0.3 is 19.7 Å². The molecule has 0 radical (unpaired) electrons. The molecule has 8 heteroatoms. The first-order chi connectivity index (χ1) is 15.1. The molecule has 0 atom stereocenters. The minimum atomic E-state index is -0.366. The fourth-order valence-electron chi connectivity index (χ4n) is 3.24. The van der Waals surface area contributed by atoms with E-state index in [4.69, 9.17) is 9.47 Å². The number of hydrogen-bond donors (Lipinski definition) is 1. The van der Waals surface area contributed by atoms with E-state index in [-0.39, 0.29) is 11.9 Å². The summed E-state index contributed by atoms with van der Waals surface area (Å²) in [6.07, 6.45) is 1.86. The van der Waals surface area contributed by atoms with Crippen molar-refractivity contribution >= 4 is 46.3 Å². The molecule has 0 aromatic heterocycles. The third kappa shape index (κ3) is 5.34. The summed E-state index contributed by atoms with van der Waals surface area (Å²) in [6.45, 7) is 5.36. The number of ether oxygens (including phenoxy) is 2. The number of aliphatic imine (C=N–C) groups is 1. The van der Waals surface area contributed by atoms with Gasteiger partial charge in [-0.3, -0.25) is 4.79 Å². The fraction of sp³-hybridized carbons (Fsp3) is 0.261. The highest BCUT2D eigenvalue weighted by atomic mass is 32.2. The second-order valence-corrected chi connectivity index (χ2v) is 7.97. The standard InChI is InChI=1S/C23H23N3O4S/c1-2-30-22(28)17-5-7-18(8-6-17)24-23-25-21(27)20(31-23)15-16-3-9-19(10-4-16)26-11-13-29-14-12-26/h3-10,15H,2,11-14H2,1H3,(H,24,25,27)/b20-15-. The maximum Gasteiger partial charge on any atom is 0.338 e. The predicted octanol–water partition coefficient (Wildman–Crippen LogP) is 3.59. The summed E-state index contributed by atoms with van der Waals surface area (Å²) in [5, 5.41) is 3.29. The lowest BCUT2D eigenvalue weighted by Crippen LogP contribution is -2.36. The molecule has 2 saturated heterocycles. The molecular formula is C23H23N3O4S. The van der Waals surface area contributed by atoms with Crippen molar-refractivity contribution in [2.45, 2.75) is 6.92 Å². The van der Waals surface area contributed by atoms with Crippen molar-refractivity contribution in [2.75, 3.05) is 37.8 Å². The zero-order valence-electron chi connectivity index (χ0n) is 17.2. The number of morpholine rings is 1. The Hall–Kier alpha value is -3.10. The number of amidine groups is 1. The Bertz CT molecular complexity index is 1010. The number of carbonyl (C=O) groups is 2. The zero-order valence-corrected chi connectivity index (χ0v) is 18.0. The van der Waals surface area contributed by atoms with E-state index >= 15 is 0 Å². The minimum absolute atomic E-state index is 0.177. The van der Waals surface area contributed by atoms with Crippen LogP contribution in [-0.4, -0.2) is 50.0 Å². The molecule has 7 nitrogen and oxygen atoms in total. The van der Waals surface area contributed by atoms with Gasteiger partial charge in [-0.2, -0.15) is 0 Å². The molecule has 2 aromatic carbocycles. The van der Waals surface area contributed by atoms with E-state index in [1.165, 1.54) is 11.8 Å². The van der Waals surface area contributed by atoms with E-state index in [0.717, 1.165) is 37.6 Å². The van der Waals surface area contributed by atoms with Crippen molar-refractivity contribution in [1.29, 1.82) is 0 Å². The van der Waals surface area contributed by atoms with Crippen LogP contribution in [0.3, 0.4) is 0 Å². The number of carbonyl (C=O) groups excluding carboxylic acids is 2. The number of esters is 1. The predicted molar refractivity (Wildman–Crippen MR) is 123 cm³/mol. The van der Waals surface area contributed by atoms with Crippen LogP contribution in [0.4, 0.5) is 11.4 Å². The molecule has 0 unspecified atom stereocenters. The summed E-state index contributed by atoms with van der Waals surface area (Å²) < 4.78 is 10.4. The van der Waals surface area contributed by atoms with Crippen molar-refractivity contribution in [2.24, 2.45) is 4.99 Å². The monoisotopic (exact) mass is 437 g/mol. The number of rotatable bonds is 5. The molecule has 31 heavy (non-hydrogen) atoms. The van der Waals surface area contributed by atoms with E-state index in [0.29, 0.717) is 27.9 Å². The summed E-state index contributed by atoms with van der Waals surface area (Å²) in [4.78, 5) is 31.4. The lowest BCUT2D eigenvalue weighted by atomic mass is 10.1.